The van der Waals surface area contributed by atoms with E-state index in [1.807, 2.05) is 6.92 Å². The van der Waals surface area contributed by atoms with Crippen LogP contribution in [0.1, 0.15) is 41.8 Å². The van der Waals surface area contributed by atoms with E-state index in [1.165, 1.54) is 19.1 Å². The Bertz CT molecular complexity index is 716. The molecule has 5 nitrogen and oxygen atoms in total. The highest BCUT2D eigenvalue weighted by molar-refractivity contribution is 5.81. The Morgan fingerprint density at radius 2 is 2.08 bits per heavy atom. The largest absolute Gasteiger partial charge is 0.421 e. The predicted molar refractivity (Wildman–Crippen MR) is 91.9 cm³/mol. The molecule has 0 saturated carbocycles. The van der Waals surface area contributed by atoms with Gasteiger partial charge in [0.05, 0.1) is 24.2 Å². The van der Waals surface area contributed by atoms with Crippen LogP contribution in [0.4, 0.5) is 18.9 Å². The molecule has 1 aromatic rings. The number of benzene rings is 1. The van der Waals surface area contributed by atoms with Gasteiger partial charge in [0.25, 0.3) is 0 Å². The number of halogens is 3. The fraction of sp³-hybridized carbons (Fsp3) is 0.556. The van der Waals surface area contributed by atoms with E-state index in [0.29, 0.717) is 24.1 Å². The molecule has 2 rings (SSSR count). The number of alkyl halides is 3. The zero-order chi connectivity index (χ0) is 19.8. The smallest absolute Gasteiger partial charge is 0.388 e. The van der Waals surface area contributed by atoms with Crippen molar-refractivity contribution in [2.24, 2.45) is 4.99 Å². The van der Waals surface area contributed by atoms with E-state index in [-0.39, 0.29) is 11.1 Å². The maximum atomic E-state index is 13.9. The average molecular weight is 372 g/mol. The van der Waals surface area contributed by atoms with Crippen molar-refractivity contribution in [2.75, 3.05) is 20.2 Å². The number of hydrogen-bond donors (Lipinski definition) is 1. The lowest BCUT2D eigenvalue weighted by molar-refractivity contribution is -0.269. The summed E-state index contributed by atoms with van der Waals surface area (Å²) >= 11 is 0. The second-order valence-corrected chi connectivity index (χ2v) is 6.95. The van der Waals surface area contributed by atoms with E-state index < -0.39 is 30.4 Å². The fourth-order valence-electron chi connectivity index (χ4n) is 2.97. The minimum Gasteiger partial charge on any atom is -0.388 e. The summed E-state index contributed by atoms with van der Waals surface area (Å²) in [4.78, 5) is 17.6. The molecule has 0 spiro atoms. The van der Waals surface area contributed by atoms with Crippen molar-refractivity contribution in [3.8, 4) is 0 Å². The molecule has 0 amide bonds. The van der Waals surface area contributed by atoms with E-state index in [2.05, 4.69) is 4.99 Å². The molecule has 1 aromatic carbocycles. The molecule has 0 radical (unpaired) electrons. The molecule has 144 valence electrons. The lowest BCUT2D eigenvalue weighted by atomic mass is 9.82. The van der Waals surface area contributed by atoms with Gasteiger partial charge >= 0.3 is 6.18 Å². The monoisotopic (exact) mass is 372 g/mol. The summed E-state index contributed by atoms with van der Waals surface area (Å²) in [6.45, 7) is 5.07. The second kappa shape index (κ2) is 7.00. The summed E-state index contributed by atoms with van der Waals surface area (Å²) in [5.41, 5.74) is -3.93. The first-order valence-electron chi connectivity index (χ1n) is 8.23. The molecule has 0 aliphatic carbocycles. The SMILES string of the molecule is CCN(C)/C=N/c1cc(C=O)c(C2(C(F)(F)F)CC(C)(O)CO2)cc1C. The highest BCUT2D eigenvalue weighted by Crippen LogP contribution is 2.52. The molecule has 1 heterocycles. The summed E-state index contributed by atoms with van der Waals surface area (Å²) in [6.07, 6.45) is -3.55. The molecule has 1 N–H and O–H groups in total. The summed E-state index contributed by atoms with van der Waals surface area (Å²) in [5.74, 6) is 0. The lowest BCUT2D eigenvalue weighted by Gasteiger charge is -2.33. The Labute approximate surface area is 150 Å². The molecule has 2 atom stereocenters. The minimum absolute atomic E-state index is 0.156. The van der Waals surface area contributed by atoms with Gasteiger partial charge in [-0.1, -0.05) is 0 Å². The first kappa shape index (κ1) is 20.4. The third-order valence-electron chi connectivity index (χ3n) is 4.54. The van der Waals surface area contributed by atoms with Crippen molar-refractivity contribution in [1.29, 1.82) is 0 Å². The van der Waals surface area contributed by atoms with Gasteiger partial charge in [0, 0.05) is 31.1 Å². The molecule has 2 unspecified atom stereocenters. The molecular formula is C18H23F3N2O3. The zero-order valence-electron chi connectivity index (χ0n) is 15.2. The topological polar surface area (TPSA) is 62.1 Å². The van der Waals surface area contributed by atoms with Crippen LogP contribution < -0.4 is 0 Å². The van der Waals surface area contributed by atoms with Gasteiger partial charge in [0.1, 0.15) is 0 Å². The number of rotatable bonds is 5. The molecule has 1 fully saturated rings. The number of aliphatic hydroxyl groups is 1. The first-order chi connectivity index (χ1) is 12.0. The van der Waals surface area contributed by atoms with Crippen LogP contribution in [0.2, 0.25) is 0 Å². The Kier molecular flexibility index (Phi) is 5.49. The summed E-state index contributed by atoms with van der Waals surface area (Å²) in [5, 5.41) is 10.1. The number of aryl methyl sites for hydroxylation is 1. The van der Waals surface area contributed by atoms with Gasteiger partial charge in [-0.2, -0.15) is 13.2 Å². The Balaban J connectivity index is 2.59. The number of ether oxygens (including phenoxy) is 1. The van der Waals surface area contributed by atoms with Crippen molar-refractivity contribution >= 4 is 18.3 Å². The number of aldehydes is 1. The number of aliphatic imine (C=N–C) groups is 1. The average Bonchev–Trinajstić information content (AvgIpc) is 2.89. The Hall–Kier alpha value is -1.93. The third kappa shape index (κ3) is 3.76. The van der Waals surface area contributed by atoms with Crippen LogP contribution in [0.15, 0.2) is 17.1 Å². The second-order valence-electron chi connectivity index (χ2n) is 6.95. The highest BCUT2D eigenvalue weighted by atomic mass is 19.4. The van der Waals surface area contributed by atoms with Gasteiger partial charge in [0.15, 0.2) is 11.9 Å². The zero-order valence-corrected chi connectivity index (χ0v) is 15.2. The van der Waals surface area contributed by atoms with Gasteiger partial charge < -0.3 is 14.7 Å². The number of carbonyl (C=O) groups excluding carboxylic acids is 1. The van der Waals surface area contributed by atoms with Gasteiger partial charge in [-0.05, 0) is 38.5 Å². The maximum absolute atomic E-state index is 13.9. The minimum atomic E-state index is -4.79. The predicted octanol–water partition coefficient (Wildman–Crippen LogP) is 3.35. The summed E-state index contributed by atoms with van der Waals surface area (Å²) in [7, 11) is 1.81. The molecule has 26 heavy (non-hydrogen) atoms. The van der Waals surface area contributed by atoms with E-state index in [1.54, 1.807) is 25.2 Å². The number of hydrogen-bond acceptors (Lipinski definition) is 4. The van der Waals surface area contributed by atoms with Crippen molar-refractivity contribution in [3.05, 3.63) is 28.8 Å². The molecule has 1 aliphatic heterocycles. The summed E-state index contributed by atoms with van der Waals surface area (Å²) < 4.78 is 46.8. The Morgan fingerprint density at radius 3 is 2.54 bits per heavy atom. The summed E-state index contributed by atoms with van der Waals surface area (Å²) in [6, 6.07) is 2.60. The van der Waals surface area contributed by atoms with Crippen LogP contribution in [0.5, 0.6) is 0 Å². The molecule has 1 aliphatic rings. The van der Waals surface area contributed by atoms with E-state index in [4.69, 9.17) is 4.74 Å². The Morgan fingerprint density at radius 1 is 1.42 bits per heavy atom. The number of carbonyl (C=O) groups is 1. The molecular weight excluding hydrogens is 349 g/mol. The quantitative estimate of drug-likeness (QED) is 0.489. The molecule has 8 heteroatoms. The lowest BCUT2D eigenvalue weighted by Crippen LogP contribution is -2.44. The highest BCUT2D eigenvalue weighted by Gasteiger charge is 2.64. The van der Waals surface area contributed by atoms with Crippen LogP contribution in [0, 0.1) is 6.92 Å². The van der Waals surface area contributed by atoms with Crippen molar-refractivity contribution in [2.45, 2.75) is 44.6 Å². The van der Waals surface area contributed by atoms with E-state index >= 15 is 0 Å². The van der Waals surface area contributed by atoms with Crippen molar-refractivity contribution in [3.63, 3.8) is 0 Å². The molecule has 0 aromatic heterocycles. The van der Waals surface area contributed by atoms with Crippen LogP contribution >= 0.6 is 0 Å². The standard InChI is InChI=1S/C18H23F3N2O3/c1-5-23(4)11-22-15-7-13(8-24)14(6-12(15)2)17(18(19,20)21)9-16(3,25)10-26-17/h6-8,11,25H,5,9-10H2,1-4H3/b22-11+. The van der Waals surface area contributed by atoms with Crippen LogP contribution in [-0.2, 0) is 10.3 Å². The molecule has 0 bridgehead atoms. The van der Waals surface area contributed by atoms with Crippen molar-refractivity contribution < 1.29 is 27.8 Å². The van der Waals surface area contributed by atoms with Gasteiger partial charge in [-0.15, -0.1) is 0 Å². The maximum Gasteiger partial charge on any atom is 0.421 e. The van der Waals surface area contributed by atoms with Crippen LogP contribution in [0.25, 0.3) is 0 Å². The van der Waals surface area contributed by atoms with E-state index in [9.17, 15) is 23.1 Å². The fourth-order valence-corrected chi connectivity index (χ4v) is 2.97. The van der Waals surface area contributed by atoms with Crippen molar-refractivity contribution in [1.82, 2.24) is 4.90 Å². The van der Waals surface area contributed by atoms with Gasteiger partial charge in [-0.3, -0.25) is 4.79 Å². The normalized spacial score (nSPS) is 26.5. The first-order valence-corrected chi connectivity index (χ1v) is 8.23. The third-order valence-corrected chi connectivity index (χ3v) is 4.54. The van der Waals surface area contributed by atoms with Gasteiger partial charge in [-0.25, -0.2) is 4.99 Å². The van der Waals surface area contributed by atoms with Gasteiger partial charge in [0.2, 0.25) is 0 Å². The van der Waals surface area contributed by atoms with Crippen LogP contribution in [0.3, 0.4) is 0 Å². The van der Waals surface area contributed by atoms with Crippen LogP contribution in [-0.4, -0.2) is 54.6 Å². The number of nitrogens with zero attached hydrogens (tertiary/aromatic N) is 2. The molecule has 1 saturated heterocycles. The van der Waals surface area contributed by atoms with E-state index in [0.717, 1.165) is 0 Å².